The van der Waals surface area contributed by atoms with Gasteiger partial charge in [-0.25, -0.2) is 4.79 Å². The number of aromatic nitrogens is 1. The average Bonchev–Trinajstić information content (AvgIpc) is 3.04. The molecular weight excluding hydrogens is 645 g/mol. The van der Waals surface area contributed by atoms with Crippen LogP contribution in [0.3, 0.4) is 0 Å². The number of nitrogens with one attached hydrogen (secondary N) is 1. The molecule has 0 radical (unpaired) electrons. The molecule has 2 heterocycles. The number of hydrogen-bond donors (Lipinski definition) is 1. The van der Waals surface area contributed by atoms with Crippen LogP contribution in [0.5, 0.6) is 5.75 Å². The largest absolute Gasteiger partial charge is 0.493 e. The van der Waals surface area contributed by atoms with Crippen molar-refractivity contribution in [1.29, 1.82) is 0 Å². The second kappa shape index (κ2) is 16.4. The van der Waals surface area contributed by atoms with Gasteiger partial charge in [-0.1, -0.05) is 68.3 Å². The Bertz CT molecular complexity index is 1520. The SMILES string of the molecule is CCNC(=O)CC1CCN(C(=O)N(Cc2ccc(Cl)cc2)/C(=N\C(C)(C)C2C=CC(Cl)=CC2)c2cnc(C(C)(C)C)cc2OCC)CC1. The first-order valence-corrected chi connectivity index (χ1v) is 17.8. The van der Waals surface area contributed by atoms with E-state index in [1.165, 1.54) is 0 Å². The minimum absolute atomic E-state index is 0.0462. The van der Waals surface area contributed by atoms with E-state index < -0.39 is 5.54 Å². The van der Waals surface area contributed by atoms with Crippen LogP contribution < -0.4 is 10.1 Å². The number of carbonyl (C=O) groups is 2. The summed E-state index contributed by atoms with van der Waals surface area (Å²) in [6.45, 7) is 16.8. The van der Waals surface area contributed by atoms with Gasteiger partial charge in [0, 0.05) is 65.4 Å². The molecule has 48 heavy (non-hydrogen) atoms. The van der Waals surface area contributed by atoms with Gasteiger partial charge in [-0.2, -0.15) is 0 Å². The van der Waals surface area contributed by atoms with Crippen molar-refractivity contribution in [3.63, 3.8) is 0 Å². The average molecular weight is 697 g/mol. The van der Waals surface area contributed by atoms with Crippen molar-refractivity contribution in [3.05, 3.63) is 81.6 Å². The van der Waals surface area contributed by atoms with Gasteiger partial charge in [-0.15, -0.1) is 0 Å². The molecule has 4 rings (SSSR count). The number of amides is 3. The molecule has 2 aromatic rings. The highest BCUT2D eigenvalue weighted by atomic mass is 35.5. The number of ether oxygens (including phenoxy) is 1. The van der Waals surface area contributed by atoms with Crippen molar-refractivity contribution in [3.8, 4) is 5.75 Å². The van der Waals surface area contributed by atoms with Crippen LogP contribution >= 0.6 is 23.2 Å². The number of carbonyl (C=O) groups excluding carboxylic acids is 2. The van der Waals surface area contributed by atoms with Crippen molar-refractivity contribution in [2.24, 2.45) is 16.8 Å². The molecule has 2 aliphatic rings. The maximum absolute atomic E-state index is 14.8. The minimum atomic E-state index is -0.621. The summed E-state index contributed by atoms with van der Waals surface area (Å²) in [5.74, 6) is 1.46. The summed E-state index contributed by atoms with van der Waals surface area (Å²) in [5, 5.41) is 4.24. The first-order chi connectivity index (χ1) is 22.7. The van der Waals surface area contributed by atoms with E-state index in [9.17, 15) is 9.59 Å². The van der Waals surface area contributed by atoms with Crippen molar-refractivity contribution in [2.75, 3.05) is 26.2 Å². The lowest BCUT2D eigenvalue weighted by molar-refractivity contribution is -0.122. The topological polar surface area (TPSA) is 87.1 Å². The Morgan fingerprint density at radius 1 is 1.08 bits per heavy atom. The van der Waals surface area contributed by atoms with Crippen LogP contribution in [0.2, 0.25) is 5.02 Å². The number of likely N-dealkylation sites (tertiary alicyclic amines) is 1. The van der Waals surface area contributed by atoms with E-state index in [2.05, 4.69) is 46.0 Å². The zero-order chi connectivity index (χ0) is 35.1. The normalized spacial score (nSPS) is 17.6. The van der Waals surface area contributed by atoms with Crippen LogP contribution in [0.15, 0.2) is 64.8 Å². The molecule has 1 aliphatic carbocycles. The van der Waals surface area contributed by atoms with E-state index >= 15 is 0 Å². The standard InChI is InChI=1S/C38H51Cl2N5O3/c1-8-41-34(46)22-26-18-20-44(21-19-26)36(47)45(25-27-10-14-29(39)15-11-27)35(43-38(6,7)28-12-16-30(40)17-13-28)31-24-42-33(37(3,4)5)23-32(31)48-9-2/h10-12,14-17,23-24,26,28H,8-9,13,18-22,25H2,1-7H3,(H,41,46)/b43-35-. The van der Waals surface area contributed by atoms with Crippen molar-refractivity contribution in [2.45, 2.75) is 91.6 Å². The van der Waals surface area contributed by atoms with Gasteiger partial charge in [0.1, 0.15) is 11.6 Å². The molecule has 1 N–H and O–H groups in total. The van der Waals surface area contributed by atoms with Crippen molar-refractivity contribution < 1.29 is 14.3 Å². The molecule has 1 aromatic heterocycles. The number of amidine groups is 1. The third kappa shape index (κ3) is 9.85. The Labute approximate surface area is 296 Å². The van der Waals surface area contributed by atoms with Crippen LogP contribution in [0.4, 0.5) is 4.79 Å². The van der Waals surface area contributed by atoms with Gasteiger partial charge in [0.15, 0.2) is 0 Å². The van der Waals surface area contributed by atoms with E-state index in [1.807, 2.05) is 61.2 Å². The zero-order valence-electron chi connectivity index (χ0n) is 29.5. The molecule has 0 bridgehead atoms. The molecule has 1 aromatic carbocycles. The first-order valence-electron chi connectivity index (χ1n) is 17.1. The predicted molar refractivity (Wildman–Crippen MR) is 196 cm³/mol. The molecule has 8 nitrogen and oxygen atoms in total. The van der Waals surface area contributed by atoms with Crippen molar-refractivity contribution >= 4 is 41.0 Å². The number of nitrogens with zero attached hydrogens (tertiary/aromatic N) is 4. The van der Waals surface area contributed by atoms with Gasteiger partial charge < -0.3 is 15.0 Å². The Kier molecular flexibility index (Phi) is 12.8. The smallest absolute Gasteiger partial charge is 0.325 e. The Hall–Kier alpha value is -3.36. The van der Waals surface area contributed by atoms with Crippen molar-refractivity contribution in [1.82, 2.24) is 20.1 Å². The molecule has 1 aliphatic heterocycles. The van der Waals surface area contributed by atoms with Crippen LogP contribution in [0, 0.1) is 11.8 Å². The molecule has 1 fully saturated rings. The van der Waals surface area contributed by atoms with Crippen LogP contribution in [-0.4, -0.2) is 64.3 Å². The fourth-order valence-electron chi connectivity index (χ4n) is 6.07. The van der Waals surface area contributed by atoms with E-state index in [1.54, 1.807) is 11.1 Å². The van der Waals surface area contributed by atoms with E-state index in [4.69, 9.17) is 37.9 Å². The van der Waals surface area contributed by atoms with Gasteiger partial charge in [0.2, 0.25) is 5.91 Å². The van der Waals surface area contributed by atoms with Gasteiger partial charge in [-0.05, 0) is 76.6 Å². The molecule has 10 heteroatoms. The van der Waals surface area contributed by atoms with E-state index in [0.29, 0.717) is 59.9 Å². The van der Waals surface area contributed by atoms with Crippen LogP contribution in [0.1, 0.15) is 91.0 Å². The Morgan fingerprint density at radius 3 is 2.35 bits per heavy atom. The maximum Gasteiger partial charge on any atom is 0.325 e. The summed E-state index contributed by atoms with van der Waals surface area (Å²) < 4.78 is 6.27. The minimum Gasteiger partial charge on any atom is -0.493 e. The van der Waals surface area contributed by atoms with Gasteiger partial charge in [-0.3, -0.25) is 19.7 Å². The number of rotatable bonds is 10. The third-order valence-corrected chi connectivity index (χ3v) is 9.54. The highest BCUT2D eigenvalue weighted by Crippen LogP contribution is 2.35. The molecular formula is C38H51Cl2N5O3. The molecule has 1 saturated heterocycles. The monoisotopic (exact) mass is 695 g/mol. The quantitative estimate of drug-likeness (QED) is 0.199. The number of piperidine rings is 1. The lowest BCUT2D eigenvalue weighted by Crippen LogP contribution is -2.50. The highest BCUT2D eigenvalue weighted by molar-refractivity contribution is 6.31. The predicted octanol–water partition coefficient (Wildman–Crippen LogP) is 8.52. The number of allylic oxidation sites excluding steroid dienone is 3. The van der Waals surface area contributed by atoms with E-state index in [0.717, 1.165) is 30.5 Å². The molecule has 3 amide bonds. The maximum atomic E-state index is 14.8. The lowest BCUT2D eigenvalue weighted by Gasteiger charge is -2.38. The summed E-state index contributed by atoms with van der Waals surface area (Å²) in [6, 6.07) is 9.36. The molecule has 0 saturated carbocycles. The molecule has 260 valence electrons. The fourth-order valence-corrected chi connectivity index (χ4v) is 6.35. The summed E-state index contributed by atoms with van der Waals surface area (Å²) in [5.41, 5.74) is 1.61. The summed E-state index contributed by atoms with van der Waals surface area (Å²) in [7, 11) is 0. The van der Waals surface area contributed by atoms with Gasteiger partial charge >= 0.3 is 6.03 Å². The summed E-state index contributed by atoms with van der Waals surface area (Å²) >= 11 is 12.6. The van der Waals surface area contributed by atoms with Gasteiger partial charge in [0.05, 0.1) is 24.3 Å². The number of pyridine rings is 1. The second-order valence-corrected chi connectivity index (χ2v) is 15.1. The Morgan fingerprint density at radius 2 is 1.77 bits per heavy atom. The number of benzene rings is 1. The number of halogens is 2. The van der Waals surface area contributed by atoms with E-state index in [-0.39, 0.29) is 35.7 Å². The molecule has 1 atom stereocenters. The van der Waals surface area contributed by atoms with Crippen LogP contribution in [0.25, 0.3) is 0 Å². The summed E-state index contributed by atoms with van der Waals surface area (Å²) in [4.78, 5) is 41.1. The highest BCUT2D eigenvalue weighted by Gasteiger charge is 2.35. The lowest BCUT2D eigenvalue weighted by atomic mass is 9.83. The third-order valence-electron chi connectivity index (χ3n) is 9.00. The molecule has 1 unspecified atom stereocenters. The number of aliphatic imine (C=N–C) groups is 1. The first kappa shape index (κ1) is 37.5. The summed E-state index contributed by atoms with van der Waals surface area (Å²) in [6.07, 6.45) is 10.5. The number of urea groups is 1. The second-order valence-electron chi connectivity index (χ2n) is 14.2. The number of hydrogen-bond acceptors (Lipinski definition) is 5. The molecule has 0 spiro atoms. The Balaban J connectivity index is 1.82. The zero-order valence-corrected chi connectivity index (χ0v) is 31.0. The van der Waals surface area contributed by atoms with Crippen LogP contribution in [-0.2, 0) is 16.8 Å². The fraction of sp³-hybridized carbons (Fsp3) is 0.526. The van der Waals surface area contributed by atoms with Gasteiger partial charge in [0.25, 0.3) is 0 Å².